The summed E-state index contributed by atoms with van der Waals surface area (Å²) in [5, 5.41) is 7.46. The minimum atomic E-state index is 0.784. The summed E-state index contributed by atoms with van der Waals surface area (Å²) in [6.45, 7) is 0. The van der Waals surface area contributed by atoms with E-state index in [9.17, 15) is 4.91 Å². The maximum absolute atomic E-state index is 10.0. The second-order valence-electron chi connectivity index (χ2n) is 2.19. The van der Waals surface area contributed by atoms with Crippen LogP contribution in [0.2, 0.25) is 0 Å². The lowest BCUT2D eigenvalue weighted by atomic mass is 10.3. The van der Waals surface area contributed by atoms with Crippen molar-refractivity contribution in [3.8, 4) is 0 Å². The Balaban J connectivity index is 2.78. The van der Waals surface area contributed by atoms with Crippen LogP contribution in [-0.2, 0) is 0 Å². The van der Waals surface area contributed by atoms with Crippen LogP contribution in [0.5, 0.6) is 0 Å². The number of benzene rings is 1. The summed E-state index contributed by atoms with van der Waals surface area (Å²) in [6.07, 6.45) is 1.59. The number of hydrogen-bond acceptors (Lipinski definition) is 3. The molecule has 0 atom stereocenters. The molecule has 4 heteroatoms. The predicted molar refractivity (Wildman–Crippen MR) is 40.9 cm³/mol. The van der Waals surface area contributed by atoms with Crippen LogP contribution in [0.1, 0.15) is 0 Å². The molecule has 2 rings (SSSR count). The highest BCUT2D eigenvalue weighted by Gasteiger charge is 1.96. The lowest BCUT2D eigenvalue weighted by Gasteiger charge is -1.79. The number of fused-ring (bicyclic) bond motifs is 1. The molecule has 0 N–H and O–H groups in total. The van der Waals surface area contributed by atoms with Gasteiger partial charge >= 0.3 is 0 Å². The highest BCUT2D eigenvalue weighted by molar-refractivity contribution is 5.77. The number of hydrogen-bond donors (Lipinski definition) is 0. The summed E-state index contributed by atoms with van der Waals surface area (Å²) in [5.41, 5.74) is 0.784. The SMILES string of the molecule is O=Nn1cc2ccccc2n1. The van der Waals surface area contributed by atoms with Crippen molar-refractivity contribution in [2.45, 2.75) is 0 Å². The Labute approximate surface area is 62.4 Å². The Morgan fingerprint density at radius 2 is 2.18 bits per heavy atom. The zero-order chi connectivity index (χ0) is 7.68. The second kappa shape index (κ2) is 2.16. The summed E-state index contributed by atoms with van der Waals surface area (Å²) in [7, 11) is 0. The number of nitrogens with zero attached hydrogens (tertiary/aromatic N) is 3. The van der Waals surface area contributed by atoms with Crippen LogP contribution in [0.15, 0.2) is 35.7 Å². The van der Waals surface area contributed by atoms with Crippen LogP contribution in [0, 0.1) is 4.91 Å². The van der Waals surface area contributed by atoms with Gasteiger partial charge < -0.3 is 0 Å². The van der Waals surface area contributed by atoms with Crippen LogP contribution in [-0.4, -0.2) is 9.89 Å². The molecule has 0 aliphatic heterocycles. The van der Waals surface area contributed by atoms with Crippen LogP contribution >= 0.6 is 0 Å². The summed E-state index contributed by atoms with van der Waals surface area (Å²) in [6, 6.07) is 7.46. The van der Waals surface area contributed by atoms with Crippen LogP contribution in [0.25, 0.3) is 10.9 Å². The van der Waals surface area contributed by atoms with Gasteiger partial charge in [-0.15, -0.1) is 14.8 Å². The van der Waals surface area contributed by atoms with Gasteiger partial charge in [0.15, 0.2) is 0 Å². The van der Waals surface area contributed by atoms with Crippen molar-refractivity contribution < 1.29 is 0 Å². The first-order valence-corrected chi connectivity index (χ1v) is 3.18. The molecule has 54 valence electrons. The fourth-order valence-corrected chi connectivity index (χ4v) is 0.993. The Kier molecular flexibility index (Phi) is 1.18. The van der Waals surface area contributed by atoms with Crippen LogP contribution < -0.4 is 0 Å². The monoisotopic (exact) mass is 147 g/mol. The molecule has 0 aliphatic carbocycles. The average Bonchev–Trinajstić information content (AvgIpc) is 2.46. The fourth-order valence-electron chi connectivity index (χ4n) is 0.993. The van der Waals surface area contributed by atoms with Crippen molar-refractivity contribution in [2.24, 2.45) is 5.29 Å². The first kappa shape index (κ1) is 6.03. The lowest BCUT2D eigenvalue weighted by molar-refractivity contribution is 0.743. The normalized spacial score (nSPS) is 10.2. The largest absolute Gasteiger partial charge is 0.148 e. The lowest BCUT2D eigenvalue weighted by Crippen LogP contribution is -1.83. The Bertz CT molecular complexity index is 360. The van der Waals surface area contributed by atoms with Crippen molar-refractivity contribution in [3.63, 3.8) is 0 Å². The van der Waals surface area contributed by atoms with Gasteiger partial charge in [-0.3, -0.25) is 0 Å². The summed E-state index contributed by atoms with van der Waals surface area (Å²) < 4.78 is 0. The summed E-state index contributed by atoms with van der Waals surface area (Å²) >= 11 is 0. The van der Waals surface area contributed by atoms with Gasteiger partial charge in [0.1, 0.15) is 0 Å². The van der Waals surface area contributed by atoms with Gasteiger partial charge in [0.25, 0.3) is 0 Å². The first-order valence-electron chi connectivity index (χ1n) is 3.18. The maximum atomic E-state index is 10.0. The molecule has 1 aromatic heterocycles. The molecule has 0 spiro atoms. The van der Waals surface area contributed by atoms with Gasteiger partial charge in [-0.1, -0.05) is 18.2 Å². The topological polar surface area (TPSA) is 47.2 Å². The van der Waals surface area contributed by atoms with Crippen molar-refractivity contribution in [1.82, 2.24) is 9.89 Å². The number of rotatable bonds is 1. The minimum absolute atomic E-state index is 0.784. The van der Waals surface area contributed by atoms with Gasteiger partial charge in [0.2, 0.25) is 0 Å². The molecule has 0 aliphatic rings. The molecule has 1 heterocycles. The third-order valence-electron chi connectivity index (χ3n) is 1.49. The minimum Gasteiger partial charge on any atom is -0.148 e. The molecule has 4 nitrogen and oxygen atoms in total. The third-order valence-corrected chi connectivity index (χ3v) is 1.49. The number of aromatic nitrogens is 2. The summed E-state index contributed by atoms with van der Waals surface area (Å²) in [5.74, 6) is 0. The first-order chi connectivity index (χ1) is 5.40. The summed E-state index contributed by atoms with van der Waals surface area (Å²) in [4.78, 5) is 11.0. The molecule has 2 aromatic rings. The van der Waals surface area contributed by atoms with Gasteiger partial charge in [-0.2, -0.15) is 0 Å². The molecule has 0 fully saturated rings. The molecule has 11 heavy (non-hydrogen) atoms. The van der Waals surface area contributed by atoms with E-state index in [0.29, 0.717) is 0 Å². The van der Waals surface area contributed by atoms with E-state index in [2.05, 4.69) is 10.4 Å². The van der Waals surface area contributed by atoms with Gasteiger partial charge in [-0.25, -0.2) is 0 Å². The van der Waals surface area contributed by atoms with Crippen LogP contribution in [0.3, 0.4) is 0 Å². The van der Waals surface area contributed by atoms with E-state index in [4.69, 9.17) is 0 Å². The van der Waals surface area contributed by atoms with Crippen LogP contribution in [0.4, 0.5) is 0 Å². The van der Waals surface area contributed by atoms with E-state index >= 15 is 0 Å². The zero-order valence-corrected chi connectivity index (χ0v) is 5.64. The third kappa shape index (κ3) is 0.881. The van der Waals surface area contributed by atoms with Gasteiger partial charge in [0, 0.05) is 5.39 Å². The average molecular weight is 147 g/mol. The molecule has 1 aromatic carbocycles. The van der Waals surface area contributed by atoms with E-state index in [0.717, 1.165) is 15.7 Å². The molecule has 0 amide bonds. The van der Waals surface area contributed by atoms with Crippen molar-refractivity contribution >= 4 is 10.9 Å². The number of nitroso groups, excluding NO2 is 1. The van der Waals surface area contributed by atoms with E-state index in [1.165, 1.54) is 0 Å². The second-order valence-corrected chi connectivity index (χ2v) is 2.19. The van der Waals surface area contributed by atoms with Crippen molar-refractivity contribution in [1.29, 1.82) is 0 Å². The molecule has 0 saturated carbocycles. The van der Waals surface area contributed by atoms with E-state index in [1.807, 2.05) is 24.3 Å². The van der Waals surface area contributed by atoms with Gasteiger partial charge in [0.05, 0.1) is 17.0 Å². The Morgan fingerprint density at radius 3 is 2.91 bits per heavy atom. The van der Waals surface area contributed by atoms with Crippen molar-refractivity contribution in [2.75, 3.05) is 0 Å². The zero-order valence-electron chi connectivity index (χ0n) is 5.64. The molecular formula is C7H5N3O. The molecule has 0 unspecified atom stereocenters. The molecule has 0 bridgehead atoms. The van der Waals surface area contributed by atoms with E-state index < -0.39 is 0 Å². The fraction of sp³-hybridized carbons (Fsp3) is 0. The highest BCUT2D eigenvalue weighted by Crippen LogP contribution is 2.09. The molecule has 0 radical (unpaired) electrons. The van der Waals surface area contributed by atoms with E-state index in [1.54, 1.807) is 6.20 Å². The Morgan fingerprint density at radius 1 is 1.36 bits per heavy atom. The highest BCUT2D eigenvalue weighted by atomic mass is 16.3. The Hall–Kier alpha value is -1.71. The maximum Gasteiger partial charge on any atom is 0.0946 e. The quantitative estimate of drug-likeness (QED) is 0.574. The smallest absolute Gasteiger partial charge is 0.0946 e. The predicted octanol–water partition coefficient (Wildman–Crippen LogP) is 1.57. The molecule has 0 saturated heterocycles. The van der Waals surface area contributed by atoms with Crippen molar-refractivity contribution in [3.05, 3.63) is 35.4 Å². The molecular weight excluding hydrogens is 142 g/mol. The van der Waals surface area contributed by atoms with Gasteiger partial charge in [-0.05, 0) is 6.07 Å². The standard InChI is InChI=1S/C7H5N3O/c11-9-10-5-6-3-1-2-4-7(6)8-10/h1-5H. The van der Waals surface area contributed by atoms with E-state index in [-0.39, 0.29) is 0 Å².